The predicted octanol–water partition coefficient (Wildman–Crippen LogP) is 2.92. The van der Waals surface area contributed by atoms with Gasteiger partial charge in [0.25, 0.3) is 0 Å². The second-order valence-corrected chi connectivity index (χ2v) is 9.48. The van der Waals surface area contributed by atoms with Gasteiger partial charge in [0.05, 0.1) is 16.6 Å². The first-order chi connectivity index (χ1) is 15.6. The lowest BCUT2D eigenvalue weighted by Crippen LogP contribution is -2.29. The first-order valence-corrected chi connectivity index (χ1v) is 11.2. The molecule has 4 aromatic rings. The summed E-state index contributed by atoms with van der Waals surface area (Å²) >= 11 is 0. The average Bonchev–Trinajstić information content (AvgIpc) is 3.17. The molecule has 0 radical (unpaired) electrons. The van der Waals surface area contributed by atoms with Crippen molar-refractivity contribution in [2.45, 2.75) is 6.92 Å². The van der Waals surface area contributed by atoms with E-state index in [0.29, 0.717) is 10.9 Å². The number of rotatable bonds is 6. The molecule has 0 bridgehead atoms. The molecule has 0 atom stereocenters. The van der Waals surface area contributed by atoms with E-state index in [1.54, 1.807) is 24.3 Å². The molecule has 4 rings (SSSR count). The molecule has 0 aliphatic rings. The fourth-order valence-electron chi connectivity index (χ4n) is 3.46. The minimum absolute atomic E-state index is 0.0459. The van der Waals surface area contributed by atoms with Gasteiger partial charge < -0.3 is 9.84 Å². The number of carbonyl (C=O) groups is 1. The Labute approximate surface area is 190 Å². The van der Waals surface area contributed by atoms with Crippen LogP contribution in [0.2, 0.25) is 0 Å². The van der Waals surface area contributed by atoms with Gasteiger partial charge in [0.1, 0.15) is 23.6 Å². The number of pyridine rings is 1. The monoisotopic (exact) mass is 464 g/mol. The summed E-state index contributed by atoms with van der Waals surface area (Å²) in [5.74, 6) is 1.23. The molecule has 0 fully saturated rings. The molecule has 2 aromatic carbocycles. The maximum absolute atomic E-state index is 13.3. The molecular formula is C23H20N4O5S. The second kappa shape index (κ2) is 8.20. The number of ether oxygens (including phenoxy) is 1. The number of imidazole rings is 1. The summed E-state index contributed by atoms with van der Waals surface area (Å²) in [5.41, 5.74) is 1.61. The van der Waals surface area contributed by atoms with Gasteiger partial charge in [0.2, 0.25) is 0 Å². The van der Waals surface area contributed by atoms with Gasteiger partial charge >= 0.3 is 16.2 Å². The number of para-hydroxylation sites is 1. The maximum atomic E-state index is 13.3. The van der Waals surface area contributed by atoms with E-state index < -0.39 is 16.2 Å². The van der Waals surface area contributed by atoms with Gasteiger partial charge in [-0.2, -0.15) is 12.7 Å². The Morgan fingerprint density at radius 2 is 1.97 bits per heavy atom. The van der Waals surface area contributed by atoms with Crippen LogP contribution in [0.4, 0.5) is 0 Å². The van der Waals surface area contributed by atoms with Crippen LogP contribution >= 0.6 is 0 Å². The van der Waals surface area contributed by atoms with Crippen molar-refractivity contribution >= 4 is 38.1 Å². The standard InChI is InChI=1S/C23H20N4O5S/c1-5-11-32-19-8-6-7-18-21(19)25-22(27(18)33(30,31)26(3)4)20-16(23(28)29)13-15-12-14(2)9-10-17(15)24-20/h1,6-10,12-13H,11H2,2-4H3,(H,28,29). The zero-order chi connectivity index (χ0) is 23.9. The smallest absolute Gasteiger partial charge is 0.338 e. The summed E-state index contributed by atoms with van der Waals surface area (Å²) in [7, 11) is -1.37. The third-order valence-electron chi connectivity index (χ3n) is 5.02. The largest absolute Gasteiger partial charge is 0.479 e. The third-order valence-corrected chi connectivity index (χ3v) is 6.78. The van der Waals surface area contributed by atoms with Crippen molar-refractivity contribution in [2.75, 3.05) is 20.7 Å². The number of terminal acetylenes is 1. The Bertz CT molecular complexity index is 1570. The highest BCUT2D eigenvalue weighted by atomic mass is 32.2. The number of fused-ring (bicyclic) bond motifs is 2. The lowest BCUT2D eigenvalue weighted by Gasteiger charge is -2.16. The predicted molar refractivity (Wildman–Crippen MR) is 124 cm³/mol. The van der Waals surface area contributed by atoms with Gasteiger partial charge in [-0.15, -0.1) is 6.42 Å². The van der Waals surface area contributed by atoms with Crippen LogP contribution < -0.4 is 4.74 Å². The second-order valence-electron chi connectivity index (χ2n) is 7.49. The van der Waals surface area contributed by atoms with Crippen LogP contribution in [-0.2, 0) is 10.2 Å². The Balaban J connectivity index is 2.14. The van der Waals surface area contributed by atoms with Crippen molar-refractivity contribution in [3.8, 4) is 29.6 Å². The molecule has 168 valence electrons. The van der Waals surface area contributed by atoms with Crippen molar-refractivity contribution in [3.63, 3.8) is 0 Å². The van der Waals surface area contributed by atoms with Crippen LogP contribution in [-0.4, -0.2) is 58.4 Å². The zero-order valence-corrected chi connectivity index (χ0v) is 18.9. The van der Waals surface area contributed by atoms with Crippen molar-refractivity contribution in [2.24, 2.45) is 0 Å². The van der Waals surface area contributed by atoms with E-state index in [-0.39, 0.29) is 40.5 Å². The Morgan fingerprint density at radius 3 is 2.64 bits per heavy atom. The molecule has 0 saturated heterocycles. The molecule has 0 aliphatic heterocycles. The summed E-state index contributed by atoms with van der Waals surface area (Å²) in [5, 5.41) is 10.5. The fraction of sp³-hybridized carbons (Fsp3) is 0.174. The maximum Gasteiger partial charge on any atom is 0.338 e. The molecule has 0 amide bonds. The van der Waals surface area contributed by atoms with Gasteiger partial charge in [-0.1, -0.05) is 23.6 Å². The molecule has 1 N–H and O–H groups in total. The third kappa shape index (κ3) is 3.77. The highest BCUT2D eigenvalue weighted by Crippen LogP contribution is 2.34. The van der Waals surface area contributed by atoms with E-state index in [4.69, 9.17) is 11.2 Å². The van der Waals surface area contributed by atoms with E-state index >= 15 is 0 Å². The van der Waals surface area contributed by atoms with E-state index in [1.165, 1.54) is 20.2 Å². The molecule has 10 heteroatoms. The van der Waals surface area contributed by atoms with Gasteiger partial charge in [0.15, 0.2) is 5.82 Å². The Hall–Kier alpha value is -3.94. The molecule has 33 heavy (non-hydrogen) atoms. The zero-order valence-electron chi connectivity index (χ0n) is 18.1. The van der Waals surface area contributed by atoms with E-state index in [9.17, 15) is 18.3 Å². The lowest BCUT2D eigenvalue weighted by atomic mass is 10.1. The average molecular weight is 465 g/mol. The summed E-state index contributed by atoms with van der Waals surface area (Å²) < 4.78 is 34.2. The number of carboxylic acid groups (broad SMARTS) is 1. The van der Waals surface area contributed by atoms with Crippen LogP contribution in [0, 0.1) is 19.3 Å². The van der Waals surface area contributed by atoms with Crippen LogP contribution in [0.3, 0.4) is 0 Å². The van der Waals surface area contributed by atoms with Gasteiger partial charge in [-0.3, -0.25) is 0 Å². The number of aryl methyl sites for hydroxylation is 1. The normalized spacial score (nSPS) is 11.7. The van der Waals surface area contributed by atoms with Crippen molar-refractivity contribution in [3.05, 3.63) is 53.6 Å². The summed E-state index contributed by atoms with van der Waals surface area (Å²) in [6, 6.07) is 11.6. The Morgan fingerprint density at radius 1 is 1.21 bits per heavy atom. The van der Waals surface area contributed by atoms with Crippen molar-refractivity contribution in [1.82, 2.24) is 18.2 Å². The van der Waals surface area contributed by atoms with Gasteiger partial charge in [-0.05, 0) is 37.3 Å². The molecule has 0 saturated carbocycles. The highest BCUT2D eigenvalue weighted by Gasteiger charge is 2.30. The SMILES string of the molecule is C#CCOc1cccc2c1nc(-c1nc3ccc(C)cc3cc1C(=O)O)n2S(=O)(=O)N(C)C. The van der Waals surface area contributed by atoms with Gasteiger partial charge in [0, 0.05) is 19.5 Å². The van der Waals surface area contributed by atoms with Crippen LogP contribution in [0.15, 0.2) is 42.5 Å². The minimum Gasteiger partial charge on any atom is -0.479 e. The van der Waals surface area contributed by atoms with Crippen molar-refractivity contribution in [1.29, 1.82) is 0 Å². The van der Waals surface area contributed by atoms with Crippen LogP contribution in [0.1, 0.15) is 15.9 Å². The number of hydrogen-bond donors (Lipinski definition) is 1. The minimum atomic E-state index is -4.12. The van der Waals surface area contributed by atoms with Gasteiger partial charge in [-0.25, -0.2) is 18.7 Å². The topological polar surface area (TPSA) is 115 Å². The van der Waals surface area contributed by atoms with E-state index in [1.807, 2.05) is 19.1 Å². The number of aromatic nitrogens is 3. The first kappa shape index (κ1) is 22.3. The number of aromatic carboxylic acids is 1. The molecule has 2 aromatic heterocycles. The number of carboxylic acids is 1. The summed E-state index contributed by atoms with van der Waals surface area (Å²) in [6.45, 7) is 1.84. The molecule has 0 unspecified atom stereocenters. The summed E-state index contributed by atoms with van der Waals surface area (Å²) in [6.07, 6.45) is 5.29. The number of benzene rings is 2. The fourth-order valence-corrected chi connectivity index (χ4v) is 4.53. The molecule has 0 aliphatic carbocycles. The molecule has 9 nitrogen and oxygen atoms in total. The van der Waals surface area contributed by atoms with E-state index in [0.717, 1.165) is 13.8 Å². The summed E-state index contributed by atoms with van der Waals surface area (Å²) in [4.78, 5) is 21.2. The Kier molecular flexibility index (Phi) is 5.53. The lowest BCUT2D eigenvalue weighted by molar-refractivity contribution is 0.0697. The molecular weight excluding hydrogens is 444 g/mol. The number of hydrogen-bond acceptors (Lipinski definition) is 6. The van der Waals surface area contributed by atoms with Crippen molar-refractivity contribution < 1.29 is 23.1 Å². The first-order valence-electron chi connectivity index (χ1n) is 9.81. The van der Waals surface area contributed by atoms with E-state index in [2.05, 4.69) is 15.9 Å². The highest BCUT2D eigenvalue weighted by molar-refractivity contribution is 7.87. The number of nitrogens with zero attached hydrogens (tertiary/aromatic N) is 4. The van der Waals surface area contributed by atoms with Crippen LogP contribution in [0.25, 0.3) is 33.5 Å². The molecule has 0 spiro atoms. The quantitative estimate of drug-likeness (QED) is 0.436. The van der Waals surface area contributed by atoms with Crippen LogP contribution in [0.5, 0.6) is 5.75 Å². The molecule has 2 heterocycles.